The number of halogens is 4. The van der Waals surface area contributed by atoms with Crippen LogP contribution in [-0.2, 0) is 10.8 Å². The van der Waals surface area contributed by atoms with E-state index in [9.17, 15) is 17.6 Å². The normalized spacial score (nSPS) is 13.3. The quantitative estimate of drug-likeness (QED) is 0.581. The van der Waals surface area contributed by atoms with Crippen LogP contribution in [0.4, 0.5) is 17.6 Å². The molecule has 7 nitrogen and oxygen atoms in total. The molecule has 0 aromatic carbocycles. The number of nitrogens with zero attached hydrogens (tertiary/aromatic N) is 5. The van der Waals surface area contributed by atoms with Crippen molar-refractivity contribution in [3.63, 3.8) is 0 Å². The largest absolute Gasteiger partial charge is 0.468 e. The summed E-state index contributed by atoms with van der Waals surface area (Å²) in [6, 6.07) is 2.94. The summed E-state index contributed by atoms with van der Waals surface area (Å²) in [6.07, 6.45) is -3.46. The first-order valence-corrected chi connectivity index (χ1v) is 7.91. The van der Waals surface area contributed by atoms with E-state index < -0.39 is 24.5 Å². The molecule has 144 valence electrons. The Morgan fingerprint density at radius 1 is 1.15 bits per heavy atom. The minimum absolute atomic E-state index is 0.0304. The van der Waals surface area contributed by atoms with Crippen molar-refractivity contribution in [3.8, 4) is 17.1 Å². The molecular weight excluding hydrogens is 370 g/mol. The second-order valence-electron chi connectivity index (χ2n) is 5.53. The second kappa shape index (κ2) is 7.43. The van der Waals surface area contributed by atoms with E-state index in [1.54, 1.807) is 6.92 Å². The zero-order chi connectivity index (χ0) is 19.6. The highest BCUT2D eigenvalue weighted by molar-refractivity contribution is 5.59. The van der Waals surface area contributed by atoms with E-state index in [2.05, 4.69) is 24.9 Å². The van der Waals surface area contributed by atoms with Crippen molar-refractivity contribution >= 4 is 5.65 Å². The third-order valence-corrected chi connectivity index (χ3v) is 3.80. The topological polar surface area (TPSA) is 74.4 Å². The molecule has 0 aliphatic heterocycles. The summed E-state index contributed by atoms with van der Waals surface area (Å²) in [4.78, 5) is 8.09. The summed E-state index contributed by atoms with van der Waals surface area (Å²) in [6.45, 7) is 1.58. The smallest absolute Gasteiger partial charge is 0.417 e. The fourth-order valence-electron chi connectivity index (χ4n) is 2.31. The molecule has 3 aromatic heterocycles. The van der Waals surface area contributed by atoms with E-state index in [1.807, 2.05) is 0 Å². The number of fused-ring (bicyclic) bond motifs is 1. The van der Waals surface area contributed by atoms with Crippen LogP contribution in [0.2, 0.25) is 0 Å². The molecule has 0 aliphatic rings. The number of methoxy groups -OCH3 is 1. The molecule has 1 atom stereocenters. The van der Waals surface area contributed by atoms with Crippen LogP contribution in [0, 0.1) is 0 Å². The van der Waals surface area contributed by atoms with Gasteiger partial charge in [0, 0.05) is 31.1 Å². The maximum Gasteiger partial charge on any atom is 0.417 e. The highest BCUT2D eigenvalue weighted by Crippen LogP contribution is 2.28. The first kappa shape index (κ1) is 19.0. The third-order valence-electron chi connectivity index (χ3n) is 3.80. The van der Waals surface area contributed by atoms with Gasteiger partial charge in [0.05, 0.1) is 11.9 Å². The van der Waals surface area contributed by atoms with E-state index in [4.69, 9.17) is 4.74 Å². The molecule has 0 amide bonds. The van der Waals surface area contributed by atoms with Gasteiger partial charge in [-0.15, -0.1) is 10.2 Å². The highest BCUT2D eigenvalue weighted by atomic mass is 19.3. The maximum absolute atomic E-state index is 13.8. The van der Waals surface area contributed by atoms with Gasteiger partial charge in [-0.2, -0.15) is 8.78 Å². The lowest BCUT2D eigenvalue weighted by Gasteiger charge is -2.15. The van der Waals surface area contributed by atoms with Crippen LogP contribution >= 0.6 is 0 Å². The first-order valence-electron chi connectivity index (χ1n) is 7.91. The van der Waals surface area contributed by atoms with Crippen LogP contribution in [0.1, 0.15) is 19.2 Å². The van der Waals surface area contributed by atoms with Crippen molar-refractivity contribution in [2.45, 2.75) is 32.0 Å². The zero-order valence-corrected chi connectivity index (χ0v) is 14.3. The van der Waals surface area contributed by atoms with Gasteiger partial charge in [0.1, 0.15) is 0 Å². The van der Waals surface area contributed by atoms with Gasteiger partial charge < -0.3 is 9.47 Å². The predicted molar refractivity (Wildman–Crippen MR) is 85.6 cm³/mol. The van der Waals surface area contributed by atoms with Crippen LogP contribution in [0.3, 0.4) is 0 Å². The monoisotopic (exact) mass is 385 g/mol. The minimum Gasteiger partial charge on any atom is -0.468 e. The summed E-state index contributed by atoms with van der Waals surface area (Å²) >= 11 is 0. The number of hydrogen-bond donors (Lipinski definition) is 0. The Bertz CT molecular complexity index is 917. The molecule has 3 heterocycles. The molecule has 0 spiro atoms. The fraction of sp³-hybridized carbons (Fsp3) is 0.375. The summed E-state index contributed by atoms with van der Waals surface area (Å²) < 4.78 is 63.5. The average Bonchev–Trinajstić information content (AvgIpc) is 3.10. The maximum atomic E-state index is 13.8. The lowest BCUT2D eigenvalue weighted by molar-refractivity contribution is -0.237. The SMILES string of the molecule is CCC(Oc1ccc(-c2cn3c(C(F)(F)OC)nnc3cn2)cn1)C(F)F. The number of aromatic nitrogens is 5. The van der Waals surface area contributed by atoms with Crippen LogP contribution in [0.5, 0.6) is 5.88 Å². The van der Waals surface area contributed by atoms with Gasteiger partial charge in [0.25, 0.3) is 6.43 Å². The molecule has 3 aromatic rings. The van der Waals surface area contributed by atoms with Crippen LogP contribution in [0.25, 0.3) is 16.9 Å². The minimum atomic E-state index is -3.63. The van der Waals surface area contributed by atoms with Crippen molar-refractivity contribution in [2.75, 3.05) is 7.11 Å². The van der Waals surface area contributed by atoms with Crippen LogP contribution < -0.4 is 4.74 Å². The predicted octanol–water partition coefficient (Wildman–Crippen LogP) is 3.30. The molecule has 3 rings (SSSR count). The molecular formula is C16H15F4N5O2. The van der Waals surface area contributed by atoms with E-state index in [-0.39, 0.29) is 17.9 Å². The lowest BCUT2D eigenvalue weighted by Crippen LogP contribution is -2.24. The van der Waals surface area contributed by atoms with Gasteiger partial charge in [0.2, 0.25) is 11.7 Å². The van der Waals surface area contributed by atoms with Gasteiger partial charge in [-0.3, -0.25) is 9.38 Å². The lowest BCUT2D eigenvalue weighted by atomic mass is 10.2. The molecule has 0 fully saturated rings. The fourth-order valence-corrected chi connectivity index (χ4v) is 2.31. The Hall–Kier alpha value is -2.82. The van der Waals surface area contributed by atoms with Crippen LogP contribution in [-0.4, -0.2) is 44.2 Å². The van der Waals surface area contributed by atoms with E-state index >= 15 is 0 Å². The molecule has 0 bridgehead atoms. The third kappa shape index (κ3) is 3.82. The van der Waals surface area contributed by atoms with Crippen molar-refractivity contribution in [2.24, 2.45) is 0 Å². The Labute approximate surface area is 151 Å². The average molecular weight is 385 g/mol. The number of pyridine rings is 1. The van der Waals surface area contributed by atoms with Crippen molar-refractivity contribution < 1.29 is 27.0 Å². The van der Waals surface area contributed by atoms with Gasteiger partial charge in [0.15, 0.2) is 11.8 Å². The summed E-state index contributed by atoms with van der Waals surface area (Å²) in [5.74, 6) is -0.665. The Kier molecular flexibility index (Phi) is 5.22. The van der Waals surface area contributed by atoms with E-state index in [1.165, 1.54) is 30.7 Å². The number of ether oxygens (including phenoxy) is 2. The molecule has 0 saturated carbocycles. The van der Waals surface area contributed by atoms with E-state index in [0.717, 1.165) is 11.5 Å². The van der Waals surface area contributed by atoms with E-state index in [0.29, 0.717) is 11.3 Å². The number of hydrogen-bond acceptors (Lipinski definition) is 6. The summed E-state index contributed by atoms with van der Waals surface area (Å²) in [5.41, 5.74) is 0.881. The molecule has 0 N–H and O–H groups in total. The van der Waals surface area contributed by atoms with Gasteiger partial charge in [-0.25, -0.2) is 13.8 Å². The number of rotatable bonds is 7. The number of alkyl halides is 4. The van der Waals surface area contributed by atoms with Crippen LogP contribution in [0.15, 0.2) is 30.7 Å². The Morgan fingerprint density at radius 3 is 2.52 bits per heavy atom. The highest BCUT2D eigenvalue weighted by Gasteiger charge is 2.37. The molecule has 0 aliphatic carbocycles. The molecule has 11 heteroatoms. The van der Waals surface area contributed by atoms with Gasteiger partial charge in [-0.05, 0) is 12.5 Å². The standard InChI is InChI=1S/C16H15F4N5O2/c1-3-11(14(17)18)27-13-5-4-9(6-22-13)10-8-25-12(7-21-10)23-24-15(25)16(19,20)26-2/h4-8,11,14H,3H2,1-2H3. The first-order chi connectivity index (χ1) is 12.9. The summed E-state index contributed by atoms with van der Waals surface area (Å²) in [5, 5.41) is 7.06. The van der Waals surface area contributed by atoms with Crippen molar-refractivity contribution in [3.05, 3.63) is 36.5 Å². The molecule has 0 saturated heterocycles. The molecule has 27 heavy (non-hydrogen) atoms. The van der Waals surface area contributed by atoms with Crippen molar-refractivity contribution in [1.29, 1.82) is 0 Å². The molecule has 0 radical (unpaired) electrons. The Morgan fingerprint density at radius 2 is 1.93 bits per heavy atom. The summed E-state index contributed by atoms with van der Waals surface area (Å²) in [7, 11) is 0.856. The molecule has 1 unspecified atom stereocenters. The Balaban J connectivity index is 1.90. The van der Waals surface area contributed by atoms with Gasteiger partial charge in [-0.1, -0.05) is 6.92 Å². The zero-order valence-electron chi connectivity index (χ0n) is 14.3. The second-order valence-corrected chi connectivity index (χ2v) is 5.53. The van der Waals surface area contributed by atoms with Crippen molar-refractivity contribution in [1.82, 2.24) is 24.6 Å². The van der Waals surface area contributed by atoms with Gasteiger partial charge >= 0.3 is 6.11 Å².